The summed E-state index contributed by atoms with van der Waals surface area (Å²) in [5, 5.41) is 2.34. The van der Waals surface area contributed by atoms with Crippen molar-refractivity contribution in [1.82, 2.24) is 4.98 Å². The summed E-state index contributed by atoms with van der Waals surface area (Å²) in [6.45, 7) is 1.57. The molecule has 0 radical (unpaired) electrons. The van der Waals surface area contributed by atoms with Crippen molar-refractivity contribution in [2.24, 2.45) is 0 Å². The van der Waals surface area contributed by atoms with E-state index in [0.29, 0.717) is 5.56 Å². The molecular formula is C18H15FN2O4S. The molecule has 0 bridgehead atoms. The number of aromatic nitrogens is 1. The first-order valence-electron chi connectivity index (χ1n) is 7.59. The number of aryl methyl sites for hydroxylation is 1. The van der Waals surface area contributed by atoms with E-state index in [0.717, 1.165) is 24.5 Å². The van der Waals surface area contributed by atoms with Crippen molar-refractivity contribution in [2.75, 3.05) is 11.6 Å². The molecule has 0 saturated carbocycles. The Morgan fingerprint density at radius 1 is 1.15 bits per heavy atom. The lowest BCUT2D eigenvalue weighted by Crippen LogP contribution is -2.15. The van der Waals surface area contributed by atoms with E-state index < -0.39 is 21.6 Å². The van der Waals surface area contributed by atoms with E-state index in [1.165, 1.54) is 0 Å². The number of hydrogen-bond donors (Lipinski definition) is 1. The van der Waals surface area contributed by atoms with Gasteiger partial charge in [-0.25, -0.2) is 17.8 Å². The lowest BCUT2D eigenvalue weighted by atomic mass is 10.2. The zero-order chi connectivity index (χ0) is 18.9. The Labute approximate surface area is 149 Å². The van der Waals surface area contributed by atoms with E-state index in [-0.39, 0.29) is 27.9 Å². The van der Waals surface area contributed by atoms with E-state index in [4.69, 9.17) is 4.42 Å². The number of sulfone groups is 1. The summed E-state index contributed by atoms with van der Waals surface area (Å²) in [6, 6.07) is 12.2. The number of halogens is 1. The number of amides is 1. The SMILES string of the molecule is Cc1oc(-c2ccccc2)nc1C(=O)Nc1cc(S(C)(=O)=O)ccc1F. The second kappa shape index (κ2) is 6.72. The monoisotopic (exact) mass is 374 g/mol. The molecule has 0 aliphatic rings. The minimum atomic E-state index is -3.53. The molecule has 1 heterocycles. The summed E-state index contributed by atoms with van der Waals surface area (Å²) >= 11 is 0. The second-order valence-electron chi connectivity index (χ2n) is 5.66. The van der Waals surface area contributed by atoms with E-state index in [2.05, 4.69) is 10.3 Å². The quantitative estimate of drug-likeness (QED) is 0.707. The first-order chi connectivity index (χ1) is 12.3. The highest BCUT2D eigenvalue weighted by atomic mass is 32.2. The van der Waals surface area contributed by atoms with E-state index in [1.54, 1.807) is 31.2 Å². The number of hydrogen-bond acceptors (Lipinski definition) is 5. The van der Waals surface area contributed by atoms with Crippen LogP contribution in [0.1, 0.15) is 16.2 Å². The smallest absolute Gasteiger partial charge is 0.278 e. The zero-order valence-corrected chi connectivity index (χ0v) is 14.8. The molecule has 1 aromatic heterocycles. The summed E-state index contributed by atoms with van der Waals surface area (Å²) in [5.74, 6) is -0.923. The molecule has 134 valence electrons. The predicted octanol–water partition coefficient (Wildman–Crippen LogP) is 3.44. The van der Waals surface area contributed by atoms with Gasteiger partial charge in [0.1, 0.15) is 11.6 Å². The fraction of sp³-hybridized carbons (Fsp3) is 0.111. The van der Waals surface area contributed by atoms with Crippen molar-refractivity contribution >= 4 is 21.4 Å². The van der Waals surface area contributed by atoms with Gasteiger partial charge in [-0.15, -0.1) is 0 Å². The van der Waals surface area contributed by atoms with Gasteiger partial charge in [0.05, 0.1) is 10.6 Å². The standard InChI is InChI=1S/C18H15FN2O4S/c1-11-16(21-18(25-11)12-6-4-3-5-7-12)17(22)20-15-10-13(26(2,23)24)8-9-14(15)19/h3-10H,1-2H3,(H,20,22). The van der Waals surface area contributed by atoms with E-state index in [9.17, 15) is 17.6 Å². The molecule has 3 aromatic rings. The minimum absolute atomic E-state index is 0.00647. The van der Waals surface area contributed by atoms with Crippen LogP contribution in [-0.2, 0) is 9.84 Å². The van der Waals surface area contributed by atoms with Gasteiger partial charge in [-0.05, 0) is 37.3 Å². The first kappa shape index (κ1) is 17.8. The maximum atomic E-state index is 14.0. The number of nitrogens with zero attached hydrogens (tertiary/aromatic N) is 1. The molecule has 8 heteroatoms. The number of benzene rings is 2. The fourth-order valence-corrected chi connectivity index (χ4v) is 2.97. The van der Waals surface area contributed by atoms with Gasteiger partial charge >= 0.3 is 0 Å². The molecule has 0 fully saturated rings. The normalized spacial score (nSPS) is 11.3. The largest absolute Gasteiger partial charge is 0.441 e. The molecule has 0 saturated heterocycles. The maximum Gasteiger partial charge on any atom is 0.278 e. The number of rotatable bonds is 4. The third-order valence-electron chi connectivity index (χ3n) is 3.65. The molecule has 0 spiro atoms. The Hall–Kier alpha value is -3.00. The van der Waals surface area contributed by atoms with Crippen molar-refractivity contribution in [1.29, 1.82) is 0 Å². The van der Waals surface area contributed by atoms with Crippen LogP contribution in [0.5, 0.6) is 0 Å². The van der Waals surface area contributed by atoms with Crippen LogP contribution in [0.4, 0.5) is 10.1 Å². The maximum absolute atomic E-state index is 14.0. The zero-order valence-electron chi connectivity index (χ0n) is 14.0. The highest BCUT2D eigenvalue weighted by Gasteiger charge is 2.20. The molecule has 0 aliphatic heterocycles. The number of oxazole rings is 1. The van der Waals surface area contributed by atoms with Crippen molar-refractivity contribution in [3.05, 3.63) is 65.8 Å². The van der Waals surface area contributed by atoms with Gasteiger partial charge in [-0.1, -0.05) is 18.2 Å². The minimum Gasteiger partial charge on any atom is -0.441 e. The molecule has 0 unspecified atom stereocenters. The van der Waals surface area contributed by atoms with Crippen LogP contribution in [0.25, 0.3) is 11.5 Å². The van der Waals surface area contributed by atoms with Crippen molar-refractivity contribution < 1.29 is 22.0 Å². The summed E-state index contributed by atoms with van der Waals surface area (Å²) in [6.07, 6.45) is 1.000. The molecule has 3 rings (SSSR count). The highest BCUT2D eigenvalue weighted by Crippen LogP contribution is 2.24. The van der Waals surface area contributed by atoms with Gasteiger partial charge < -0.3 is 9.73 Å². The molecule has 0 aliphatic carbocycles. The van der Waals surface area contributed by atoms with Gasteiger partial charge in [0, 0.05) is 11.8 Å². The van der Waals surface area contributed by atoms with E-state index >= 15 is 0 Å². The van der Waals surface area contributed by atoms with Crippen LogP contribution >= 0.6 is 0 Å². The van der Waals surface area contributed by atoms with Crippen molar-refractivity contribution in [3.63, 3.8) is 0 Å². The summed E-state index contributed by atoms with van der Waals surface area (Å²) in [5.41, 5.74) is 0.439. The Morgan fingerprint density at radius 2 is 1.85 bits per heavy atom. The molecule has 0 atom stereocenters. The third kappa shape index (κ3) is 3.65. The molecular weight excluding hydrogens is 359 g/mol. The van der Waals surface area contributed by atoms with Crippen molar-refractivity contribution in [2.45, 2.75) is 11.8 Å². The third-order valence-corrected chi connectivity index (χ3v) is 4.76. The Morgan fingerprint density at radius 3 is 2.50 bits per heavy atom. The van der Waals surface area contributed by atoms with E-state index in [1.807, 2.05) is 6.07 Å². The van der Waals surface area contributed by atoms with Crippen LogP contribution < -0.4 is 5.32 Å². The van der Waals surface area contributed by atoms with Gasteiger partial charge in [-0.2, -0.15) is 0 Å². The Bertz CT molecular complexity index is 1080. The topological polar surface area (TPSA) is 89.3 Å². The molecule has 26 heavy (non-hydrogen) atoms. The number of anilines is 1. The van der Waals surface area contributed by atoms with Crippen LogP contribution in [0.2, 0.25) is 0 Å². The summed E-state index contributed by atoms with van der Waals surface area (Å²) < 4.78 is 42.7. The Balaban J connectivity index is 1.91. The highest BCUT2D eigenvalue weighted by molar-refractivity contribution is 7.90. The average Bonchev–Trinajstić information content (AvgIpc) is 2.98. The number of carbonyl (C=O) groups excluding carboxylic acids is 1. The number of carbonyl (C=O) groups is 1. The van der Waals surface area contributed by atoms with Gasteiger partial charge in [0.15, 0.2) is 15.5 Å². The van der Waals surface area contributed by atoms with Gasteiger partial charge in [0.25, 0.3) is 5.91 Å². The van der Waals surface area contributed by atoms with Crippen molar-refractivity contribution in [3.8, 4) is 11.5 Å². The lowest BCUT2D eigenvalue weighted by molar-refractivity contribution is 0.102. The molecule has 6 nitrogen and oxygen atoms in total. The second-order valence-corrected chi connectivity index (χ2v) is 7.67. The molecule has 2 aromatic carbocycles. The van der Waals surface area contributed by atoms with Crippen LogP contribution in [0.3, 0.4) is 0 Å². The molecule has 1 amide bonds. The summed E-state index contributed by atoms with van der Waals surface area (Å²) in [4.78, 5) is 16.5. The fourth-order valence-electron chi connectivity index (χ4n) is 2.32. The molecule has 1 N–H and O–H groups in total. The van der Waals surface area contributed by atoms with Crippen LogP contribution in [-0.4, -0.2) is 25.6 Å². The van der Waals surface area contributed by atoms with Crippen LogP contribution in [0, 0.1) is 12.7 Å². The summed E-state index contributed by atoms with van der Waals surface area (Å²) in [7, 11) is -3.53. The average molecular weight is 374 g/mol. The first-order valence-corrected chi connectivity index (χ1v) is 9.48. The van der Waals surface area contributed by atoms with Crippen LogP contribution in [0.15, 0.2) is 57.8 Å². The lowest BCUT2D eigenvalue weighted by Gasteiger charge is -2.07. The van der Waals surface area contributed by atoms with Gasteiger partial charge in [-0.3, -0.25) is 4.79 Å². The number of nitrogens with one attached hydrogen (secondary N) is 1. The van der Waals surface area contributed by atoms with Gasteiger partial charge in [0.2, 0.25) is 5.89 Å². The predicted molar refractivity (Wildman–Crippen MR) is 94.1 cm³/mol. The Kier molecular flexibility index (Phi) is 4.60.